The summed E-state index contributed by atoms with van der Waals surface area (Å²) in [6.45, 7) is 0. The first-order chi connectivity index (χ1) is 6.90. The third-order valence-corrected chi connectivity index (χ3v) is 2.96. The van der Waals surface area contributed by atoms with Crippen LogP contribution in [-0.4, -0.2) is 20.6 Å². The lowest BCUT2D eigenvalue weighted by molar-refractivity contribution is 0.363. The van der Waals surface area contributed by atoms with Gasteiger partial charge in [-0.1, -0.05) is 0 Å². The molecule has 0 amide bonds. The highest BCUT2D eigenvalue weighted by molar-refractivity contribution is 8.13. The van der Waals surface area contributed by atoms with Gasteiger partial charge < -0.3 is 9.84 Å². The van der Waals surface area contributed by atoms with E-state index in [4.69, 9.17) is 15.9 Å². The maximum atomic E-state index is 11.1. The van der Waals surface area contributed by atoms with Crippen LogP contribution < -0.4 is 4.74 Å². The van der Waals surface area contributed by atoms with Gasteiger partial charge in [-0.15, -0.1) is 0 Å². The Labute approximate surface area is 90.9 Å². The molecule has 0 unspecified atom stereocenters. The molecule has 0 bridgehead atoms. The van der Waals surface area contributed by atoms with E-state index >= 15 is 0 Å². The number of halogens is 1. The molecule has 80 valence electrons. The molecule has 0 aliphatic carbocycles. The van der Waals surface area contributed by atoms with E-state index < -0.39 is 19.7 Å². The number of benzene rings is 1. The first kappa shape index (κ1) is 11.6. The summed E-state index contributed by atoms with van der Waals surface area (Å²) in [5.74, 6) is -0.722. The summed E-state index contributed by atoms with van der Waals surface area (Å²) in [6.07, 6.45) is 0. The van der Waals surface area contributed by atoms with Crippen LogP contribution in [0.4, 0.5) is 0 Å². The van der Waals surface area contributed by atoms with Crippen molar-refractivity contribution in [3.63, 3.8) is 0 Å². The molecule has 5 nitrogen and oxygen atoms in total. The van der Waals surface area contributed by atoms with E-state index in [-0.39, 0.29) is 11.3 Å². The maximum absolute atomic E-state index is 11.1. The van der Waals surface area contributed by atoms with Gasteiger partial charge in [-0.2, -0.15) is 5.26 Å². The number of phenols is 1. The third-order valence-electron chi connectivity index (χ3n) is 1.63. The molecule has 0 heterocycles. The van der Waals surface area contributed by atoms with Gasteiger partial charge in [-0.05, 0) is 6.07 Å². The van der Waals surface area contributed by atoms with Crippen LogP contribution >= 0.6 is 10.7 Å². The molecule has 0 radical (unpaired) electrons. The topological polar surface area (TPSA) is 87.4 Å². The fourth-order valence-corrected chi connectivity index (χ4v) is 2.06. The molecule has 1 aromatic rings. The number of methoxy groups -OCH3 is 1. The lowest BCUT2D eigenvalue weighted by Crippen LogP contribution is -1.97. The quantitative estimate of drug-likeness (QED) is 0.794. The number of ether oxygens (including phenoxy) is 1. The molecular weight excluding hydrogens is 242 g/mol. The maximum Gasteiger partial charge on any atom is 0.265 e. The monoisotopic (exact) mass is 247 g/mol. The fourth-order valence-electron chi connectivity index (χ4n) is 1.04. The van der Waals surface area contributed by atoms with Crippen LogP contribution in [0.5, 0.6) is 11.5 Å². The molecule has 0 saturated heterocycles. The van der Waals surface area contributed by atoms with Crippen molar-refractivity contribution in [1.82, 2.24) is 0 Å². The summed E-state index contributed by atoms with van der Waals surface area (Å²) in [4.78, 5) is -0.428. The van der Waals surface area contributed by atoms with Crippen molar-refractivity contribution in [2.75, 3.05) is 7.11 Å². The lowest BCUT2D eigenvalue weighted by atomic mass is 10.2. The van der Waals surface area contributed by atoms with Gasteiger partial charge in [0.1, 0.15) is 4.90 Å². The molecule has 15 heavy (non-hydrogen) atoms. The van der Waals surface area contributed by atoms with Crippen molar-refractivity contribution in [1.29, 1.82) is 5.26 Å². The lowest BCUT2D eigenvalue weighted by Gasteiger charge is -2.07. The first-order valence-electron chi connectivity index (χ1n) is 3.66. The molecule has 0 aliphatic rings. The molecule has 1 rings (SSSR count). The Morgan fingerprint density at radius 2 is 2.13 bits per heavy atom. The van der Waals surface area contributed by atoms with Gasteiger partial charge in [0.05, 0.1) is 18.7 Å². The van der Waals surface area contributed by atoms with Gasteiger partial charge >= 0.3 is 0 Å². The van der Waals surface area contributed by atoms with E-state index in [1.807, 2.05) is 0 Å². The SMILES string of the molecule is COc1c(O)cc(C#N)cc1S(=O)(=O)Cl. The van der Waals surface area contributed by atoms with E-state index in [1.165, 1.54) is 7.11 Å². The molecule has 7 heteroatoms. The van der Waals surface area contributed by atoms with Gasteiger partial charge in [0.25, 0.3) is 9.05 Å². The average Bonchev–Trinajstić information content (AvgIpc) is 2.15. The standard InChI is InChI=1S/C8H6ClNO4S/c1-14-8-6(11)2-5(4-10)3-7(8)15(9,12)13/h2-3,11H,1H3. The summed E-state index contributed by atoms with van der Waals surface area (Å²) >= 11 is 0. The molecule has 0 atom stereocenters. The summed E-state index contributed by atoms with van der Waals surface area (Å²) in [5, 5.41) is 17.9. The van der Waals surface area contributed by atoms with Gasteiger partial charge in [-0.25, -0.2) is 8.42 Å². The third kappa shape index (κ3) is 2.32. The number of nitriles is 1. The number of aromatic hydroxyl groups is 1. The number of hydrogen-bond acceptors (Lipinski definition) is 5. The van der Waals surface area contributed by atoms with E-state index in [2.05, 4.69) is 4.74 Å². The van der Waals surface area contributed by atoms with Crippen molar-refractivity contribution in [3.8, 4) is 17.6 Å². The average molecular weight is 248 g/mol. The normalized spacial score (nSPS) is 10.7. The molecule has 0 spiro atoms. The van der Waals surface area contributed by atoms with Crippen LogP contribution in [0.3, 0.4) is 0 Å². The number of rotatable bonds is 2. The largest absolute Gasteiger partial charge is 0.504 e. The number of hydrogen-bond donors (Lipinski definition) is 1. The second-order valence-electron chi connectivity index (χ2n) is 2.58. The minimum absolute atomic E-state index is 0.0208. The molecule has 0 saturated carbocycles. The molecule has 0 aromatic heterocycles. The van der Waals surface area contributed by atoms with E-state index in [0.29, 0.717) is 0 Å². The molecule has 0 fully saturated rings. The highest BCUT2D eigenvalue weighted by atomic mass is 35.7. The number of nitrogens with zero attached hydrogens (tertiary/aromatic N) is 1. The van der Waals surface area contributed by atoms with Gasteiger partial charge in [0.15, 0.2) is 11.5 Å². The Hall–Kier alpha value is -1.45. The highest BCUT2D eigenvalue weighted by Gasteiger charge is 2.21. The summed E-state index contributed by atoms with van der Waals surface area (Å²) in [5.41, 5.74) is -0.0208. The zero-order chi connectivity index (χ0) is 11.6. The highest BCUT2D eigenvalue weighted by Crippen LogP contribution is 2.36. The van der Waals surface area contributed by atoms with Crippen LogP contribution in [0.25, 0.3) is 0 Å². The molecule has 0 aliphatic heterocycles. The predicted molar refractivity (Wildman–Crippen MR) is 52.4 cm³/mol. The molecular formula is C8H6ClNO4S. The Bertz CT molecular complexity index is 532. The van der Waals surface area contributed by atoms with E-state index in [1.54, 1.807) is 6.07 Å². The minimum atomic E-state index is -4.06. The van der Waals surface area contributed by atoms with Crippen molar-refractivity contribution in [2.45, 2.75) is 4.90 Å². The zero-order valence-electron chi connectivity index (χ0n) is 7.56. The van der Waals surface area contributed by atoms with Crippen LogP contribution in [0, 0.1) is 11.3 Å². The Balaban J connectivity index is 3.63. The van der Waals surface area contributed by atoms with E-state index in [9.17, 15) is 13.5 Å². The summed E-state index contributed by atoms with van der Waals surface area (Å²) < 4.78 is 26.9. The zero-order valence-corrected chi connectivity index (χ0v) is 9.13. The van der Waals surface area contributed by atoms with Crippen molar-refractivity contribution in [2.24, 2.45) is 0 Å². The molecule has 1 aromatic carbocycles. The first-order valence-corrected chi connectivity index (χ1v) is 5.97. The van der Waals surface area contributed by atoms with Crippen LogP contribution in [0.1, 0.15) is 5.56 Å². The Kier molecular flexibility index (Phi) is 3.07. The van der Waals surface area contributed by atoms with Gasteiger partial charge in [-0.3, -0.25) is 0 Å². The number of phenolic OH excluding ortho intramolecular Hbond substituents is 1. The second kappa shape index (κ2) is 3.96. The van der Waals surface area contributed by atoms with Gasteiger partial charge in [0.2, 0.25) is 0 Å². The van der Waals surface area contributed by atoms with Crippen molar-refractivity contribution < 1.29 is 18.3 Å². The smallest absolute Gasteiger partial charge is 0.265 e. The van der Waals surface area contributed by atoms with Crippen molar-refractivity contribution >= 4 is 19.7 Å². The Morgan fingerprint density at radius 3 is 2.53 bits per heavy atom. The molecule has 1 N–H and O–H groups in total. The fraction of sp³-hybridized carbons (Fsp3) is 0.125. The minimum Gasteiger partial charge on any atom is -0.504 e. The van der Waals surface area contributed by atoms with E-state index in [0.717, 1.165) is 12.1 Å². The van der Waals surface area contributed by atoms with Crippen LogP contribution in [0.15, 0.2) is 17.0 Å². The summed E-state index contributed by atoms with van der Waals surface area (Å²) in [7, 11) is 2.24. The van der Waals surface area contributed by atoms with Crippen LogP contribution in [-0.2, 0) is 9.05 Å². The Morgan fingerprint density at radius 1 is 1.53 bits per heavy atom. The van der Waals surface area contributed by atoms with Crippen LogP contribution in [0.2, 0.25) is 0 Å². The van der Waals surface area contributed by atoms with Gasteiger partial charge in [0, 0.05) is 16.7 Å². The van der Waals surface area contributed by atoms with Crippen molar-refractivity contribution in [3.05, 3.63) is 17.7 Å². The summed E-state index contributed by atoms with van der Waals surface area (Å²) in [6, 6.07) is 3.81. The second-order valence-corrected chi connectivity index (χ2v) is 5.11. The predicted octanol–water partition coefficient (Wildman–Crippen LogP) is 1.20.